The molecular weight excluding hydrogens is 132 g/mol. The van der Waals surface area contributed by atoms with Crippen molar-refractivity contribution in [1.82, 2.24) is 0 Å². The normalized spacial score (nSPS) is 53.1. The average molecular weight is 148 g/mol. The van der Waals surface area contributed by atoms with Crippen LogP contribution in [-0.2, 0) is 0 Å². The quantitative estimate of drug-likeness (QED) is 0.462. The summed E-state index contributed by atoms with van der Waals surface area (Å²) < 4.78 is 0. The molecule has 0 aliphatic heterocycles. The Labute approximate surface area is 68.7 Å². The van der Waals surface area contributed by atoms with Crippen LogP contribution in [0.25, 0.3) is 0 Å². The van der Waals surface area contributed by atoms with E-state index in [1.165, 1.54) is 44.9 Å². The van der Waals surface area contributed by atoms with Gasteiger partial charge in [-0.25, -0.2) is 0 Å². The third kappa shape index (κ3) is 0.544. The van der Waals surface area contributed by atoms with Crippen molar-refractivity contribution in [1.29, 1.82) is 0 Å². The zero-order valence-electron chi connectivity index (χ0n) is 7.10. The first kappa shape index (κ1) is 6.28. The molecular formula is C11H16. The Kier molecular flexibility index (Phi) is 0.987. The number of rotatable bonds is 0. The third-order valence-corrected chi connectivity index (χ3v) is 4.70. The van der Waals surface area contributed by atoms with Gasteiger partial charge in [0.2, 0.25) is 0 Å². The van der Waals surface area contributed by atoms with Gasteiger partial charge in [0, 0.05) is 0 Å². The minimum Gasteiger partial charge on any atom is -0.0879 e. The molecule has 0 N–H and O–H groups in total. The van der Waals surface area contributed by atoms with Crippen LogP contribution in [0.1, 0.15) is 44.9 Å². The lowest BCUT2D eigenvalue weighted by molar-refractivity contribution is -0.0521. The Morgan fingerprint density at radius 3 is 1.73 bits per heavy atom. The van der Waals surface area contributed by atoms with Crippen LogP contribution in [0.2, 0.25) is 0 Å². The number of hydrogen-bond donors (Lipinski definition) is 0. The van der Waals surface area contributed by atoms with Crippen molar-refractivity contribution in [3.63, 3.8) is 0 Å². The van der Waals surface area contributed by atoms with Crippen LogP contribution < -0.4 is 0 Å². The molecule has 3 aliphatic rings. The molecule has 3 rings (SSSR count). The summed E-state index contributed by atoms with van der Waals surface area (Å²) in [5, 5.41) is 0. The predicted molar refractivity (Wildman–Crippen MR) is 46.3 cm³/mol. The van der Waals surface area contributed by atoms with E-state index >= 15 is 0 Å². The molecule has 0 aromatic heterocycles. The highest BCUT2D eigenvalue weighted by atomic mass is 14.6. The molecule has 0 heterocycles. The lowest BCUT2D eigenvalue weighted by Crippen LogP contribution is -2.47. The summed E-state index contributed by atoms with van der Waals surface area (Å²) in [4.78, 5) is 0. The van der Waals surface area contributed by atoms with Crippen molar-refractivity contribution in [2.45, 2.75) is 44.9 Å². The molecule has 3 aliphatic carbocycles. The van der Waals surface area contributed by atoms with Crippen molar-refractivity contribution in [3.05, 3.63) is 12.2 Å². The minimum atomic E-state index is 0.821. The minimum absolute atomic E-state index is 0.821. The van der Waals surface area contributed by atoms with Gasteiger partial charge in [0.25, 0.3) is 0 Å². The van der Waals surface area contributed by atoms with Crippen molar-refractivity contribution in [2.24, 2.45) is 10.8 Å². The molecule has 0 spiro atoms. The molecule has 2 unspecified atom stereocenters. The van der Waals surface area contributed by atoms with E-state index in [4.69, 9.17) is 0 Å². The van der Waals surface area contributed by atoms with Gasteiger partial charge in [-0.15, -0.1) is 0 Å². The Morgan fingerprint density at radius 2 is 1.27 bits per heavy atom. The Morgan fingerprint density at radius 1 is 0.727 bits per heavy atom. The summed E-state index contributed by atoms with van der Waals surface area (Å²) in [5.41, 5.74) is 1.64. The SMILES string of the molecule is C1=CCC23CCCC2(C1)CC3. The number of allylic oxidation sites excluding steroid dienone is 2. The Bertz CT molecular complexity index is 194. The van der Waals surface area contributed by atoms with Crippen LogP contribution in [0.3, 0.4) is 0 Å². The molecule has 2 fully saturated rings. The standard InChI is InChI=1S/C11H16/c1-2-5-11-7-3-6-10(11,4-1)8-9-11/h1-2H,3-9H2. The fourth-order valence-electron chi connectivity index (χ4n) is 3.84. The van der Waals surface area contributed by atoms with Crippen LogP contribution in [0.15, 0.2) is 12.2 Å². The maximum atomic E-state index is 2.43. The Hall–Kier alpha value is -0.260. The van der Waals surface area contributed by atoms with Crippen molar-refractivity contribution in [3.8, 4) is 0 Å². The van der Waals surface area contributed by atoms with Gasteiger partial charge >= 0.3 is 0 Å². The monoisotopic (exact) mass is 148 g/mol. The molecule has 0 heteroatoms. The highest BCUT2D eigenvalue weighted by molar-refractivity contribution is 5.18. The first-order valence-corrected chi connectivity index (χ1v) is 5.02. The van der Waals surface area contributed by atoms with Gasteiger partial charge in [0.15, 0.2) is 0 Å². The van der Waals surface area contributed by atoms with Crippen LogP contribution in [-0.4, -0.2) is 0 Å². The summed E-state index contributed by atoms with van der Waals surface area (Å²) in [6, 6.07) is 0. The van der Waals surface area contributed by atoms with Crippen molar-refractivity contribution >= 4 is 0 Å². The van der Waals surface area contributed by atoms with Crippen LogP contribution >= 0.6 is 0 Å². The van der Waals surface area contributed by atoms with E-state index in [-0.39, 0.29) is 0 Å². The highest BCUT2D eigenvalue weighted by Gasteiger charge is 2.60. The molecule has 0 amide bonds. The smallest absolute Gasteiger partial charge is 0.0203 e. The van der Waals surface area contributed by atoms with Crippen molar-refractivity contribution < 1.29 is 0 Å². The van der Waals surface area contributed by atoms with Crippen LogP contribution in [0.5, 0.6) is 0 Å². The molecule has 0 nitrogen and oxygen atoms in total. The van der Waals surface area contributed by atoms with Gasteiger partial charge in [-0.1, -0.05) is 18.6 Å². The molecule has 0 saturated heterocycles. The summed E-state index contributed by atoms with van der Waals surface area (Å²) in [7, 11) is 0. The second kappa shape index (κ2) is 1.73. The molecule has 2 atom stereocenters. The summed E-state index contributed by atoms with van der Waals surface area (Å²) in [6.07, 6.45) is 15.4. The van der Waals surface area contributed by atoms with Gasteiger partial charge < -0.3 is 0 Å². The molecule has 0 aromatic rings. The second-order valence-corrected chi connectivity index (χ2v) is 4.79. The van der Waals surface area contributed by atoms with Gasteiger partial charge in [-0.3, -0.25) is 0 Å². The Balaban J connectivity index is 2.04. The van der Waals surface area contributed by atoms with E-state index in [0.717, 1.165) is 10.8 Å². The van der Waals surface area contributed by atoms with E-state index in [2.05, 4.69) is 12.2 Å². The summed E-state index contributed by atoms with van der Waals surface area (Å²) in [6.45, 7) is 0. The molecule has 0 radical (unpaired) electrons. The zero-order valence-corrected chi connectivity index (χ0v) is 7.10. The summed E-state index contributed by atoms with van der Waals surface area (Å²) in [5.74, 6) is 0. The van der Waals surface area contributed by atoms with Crippen molar-refractivity contribution in [2.75, 3.05) is 0 Å². The van der Waals surface area contributed by atoms with Gasteiger partial charge in [-0.2, -0.15) is 0 Å². The van der Waals surface area contributed by atoms with Gasteiger partial charge in [0.1, 0.15) is 0 Å². The fraction of sp³-hybridized carbons (Fsp3) is 0.818. The zero-order chi connectivity index (χ0) is 7.36. The molecule has 60 valence electrons. The van der Waals surface area contributed by atoms with Crippen LogP contribution in [0, 0.1) is 10.8 Å². The van der Waals surface area contributed by atoms with E-state index in [9.17, 15) is 0 Å². The lowest BCUT2D eigenvalue weighted by atomic mass is 9.47. The molecule has 0 bridgehead atoms. The van der Waals surface area contributed by atoms with E-state index in [1.54, 1.807) is 0 Å². The average Bonchev–Trinajstić information content (AvgIpc) is 2.29. The third-order valence-electron chi connectivity index (χ3n) is 4.70. The summed E-state index contributed by atoms with van der Waals surface area (Å²) >= 11 is 0. The fourth-order valence-corrected chi connectivity index (χ4v) is 3.84. The largest absolute Gasteiger partial charge is 0.0879 e. The maximum absolute atomic E-state index is 2.43. The highest BCUT2D eigenvalue weighted by Crippen LogP contribution is 2.71. The second-order valence-electron chi connectivity index (χ2n) is 4.79. The molecule has 11 heavy (non-hydrogen) atoms. The van der Waals surface area contributed by atoms with Gasteiger partial charge in [-0.05, 0) is 49.4 Å². The number of hydrogen-bond acceptors (Lipinski definition) is 0. The lowest BCUT2D eigenvalue weighted by Gasteiger charge is -2.57. The van der Waals surface area contributed by atoms with E-state index in [0.29, 0.717) is 0 Å². The first-order chi connectivity index (χ1) is 5.37. The predicted octanol–water partition coefficient (Wildman–Crippen LogP) is 3.29. The van der Waals surface area contributed by atoms with Gasteiger partial charge in [0.05, 0.1) is 0 Å². The topological polar surface area (TPSA) is 0 Å². The maximum Gasteiger partial charge on any atom is -0.0203 e. The molecule has 0 aromatic carbocycles. The van der Waals surface area contributed by atoms with Crippen LogP contribution in [0.4, 0.5) is 0 Å². The first-order valence-electron chi connectivity index (χ1n) is 5.02. The van der Waals surface area contributed by atoms with E-state index < -0.39 is 0 Å². The molecule has 2 saturated carbocycles. The van der Waals surface area contributed by atoms with E-state index in [1.807, 2.05) is 0 Å².